The number of aryl methyl sites for hydroxylation is 1. The Labute approximate surface area is 58.2 Å². The molecule has 1 radical (unpaired) electrons. The number of hydrogen-bond donors (Lipinski definition) is 0. The lowest BCUT2D eigenvalue weighted by molar-refractivity contribution is -0.384. The van der Waals surface area contributed by atoms with Gasteiger partial charge in [-0.1, -0.05) is 0 Å². The number of nitrogens with zero attached hydrogens (tertiary/aromatic N) is 2. The molecule has 53 valence electrons. The van der Waals surface area contributed by atoms with E-state index >= 15 is 0 Å². The lowest BCUT2D eigenvalue weighted by Gasteiger charge is -1.88. The summed E-state index contributed by atoms with van der Waals surface area (Å²) in [6, 6.07) is 1.43. The molecule has 1 aromatic heterocycles. The van der Waals surface area contributed by atoms with Gasteiger partial charge in [0.1, 0.15) is 0 Å². The molecule has 1 rings (SSSR count). The van der Waals surface area contributed by atoms with Gasteiger partial charge < -0.3 is 4.57 Å². The fourth-order valence-corrected chi connectivity index (χ4v) is 0.691. The number of nitro groups is 1. The molecule has 0 saturated heterocycles. The zero-order chi connectivity index (χ0) is 7.72. The minimum atomic E-state index is -0.436. The van der Waals surface area contributed by atoms with Crippen molar-refractivity contribution in [2.45, 2.75) is 0 Å². The monoisotopic (exact) mass is 139 g/mol. The van der Waals surface area contributed by atoms with Crippen molar-refractivity contribution in [3.63, 3.8) is 0 Å². The molecule has 0 aliphatic carbocycles. The van der Waals surface area contributed by atoms with Crippen LogP contribution in [0.1, 0.15) is 5.69 Å². The molecule has 0 amide bonds. The van der Waals surface area contributed by atoms with Crippen molar-refractivity contribution in [2.24, 2.45) is 7.05 Å². The van der Waals surface area contributed by atoms with Gasteiger partial charge in [0, 0.05) is 18.8 Å². The van der Waals surface area contributed by atoms with Gasteiger partial charge in [0.15, 0.2) is 0 Å². The van der Waals surface area contributed by atoms with E-state index in [0.29, 0.717) is 5.69 Å². The van der Waals surface area contributed by atoms with E-state index in [2.05, 4.69) is 6.92 Å². The van der Waals surface area contributed by atoms with Crippen molar-refractivity contribution >= 4 is 5.69 Å². The summed E-state index contributed by atoms with van der Waals surface area (Å²) in [6.07, 6.45) is 1.43. The molecule has 4 heteroatoms. The van der Waals surface area contributed by atoms with Gasteiger partial charge in [-0.15, -0.1) is 0 Å². The third-order valence-corrected chi connectivity index (χ3v) is 1.30. The second-order valence-corrected chi connectivity index (χ2v) is 2.06. The van der Waals surface area contributed by atoms with Crippen LogP contribution in [0.15, 0.2) is 12.3 Å². The summed E-state index contributed by atoms with van der Waals surface area (Å²) >= 11 is 0. The molecule has 0 aliphatic rings. The maximum Gasteiger partial charge on any atom is 0.287 e. The molecule has 1 heterocycles. The van der Waals surface area contributed by atoms with Gasteiger partial charge in [-0.3, -0.25) is 10.1 Å². The summed E-state index contributed by atoms with van der Waals surface area (Å²) in [6.45, 7) is 3.58. The second-order valence-electron chi connectivity index (χ2n) is 2.06. The Morgan fingerprint density at radius 1 is 1.80 bits per heavy atom. The van der Waals surface area contributed by atoms with Crippen LogP contribution in [0.3, 0.4) is 0 Å². The van der Waals surface area contributed by atoms with Gasteiger partial charge in [0.25, 0.3) is 5.69 Å². The molecule has 1 aromatic rings. The van der Waals surface area contributed by atoms with Crippen LogP contribution in [0.5, 0.6) is 0 Å². The van der Waals surface area contributed by atoms with Gasteiger partial charge in [0.2, 0.25) is 0 Å². The largest absolute Gasteiger partial charge is 0.348 e. The van der Waals surface area contributed by atoms with E-state index in [1.54, 1.807) is 11.6 Å². The van der Waals surface area contributed by atoms with Crippen molar-refractivity contribution in [2.75, 3.05) is 0 Å². The lowest BCUT2D eigenvalue weighted by Crippen LogP contribution is -1.86. The molecule has 10 heavy (non-hydrogen) atoms. The van der Waals surface area contributed by atoms with E-state index in [0.717, 1.165) is 0 Å². The Hall–Kier alpha value is -1.32. The van der Waals surface area contributed by atoms with Crippen LogP contribution in [-0.2, 0) is 7.05 Å². The molecule has 4 nitrogen and oxygen atoms in total. The number of hydrogen-bond acceptors (Lipinski definition) is 2. The SMILES string of the molecule is [CH2]c1cc([N+](=O)[O-])cn1C. The molecule has 0 aliphatic heterocycles. The highest BCUT2D eigenvalue weighted by molar-refractivity contribution is 5.32. The fraction of sp³-hybridized carbons (Fsp3) is 0.167. The summed E-state index contributed by atoms with van der Waals surface area (Å²) < 4.78 is 1.61. The van der Waals surface area contributed by atoms with Crippen LogP contribution in [0.25, 0.3) is 0 Å². The summed E-state index contributed by atoms with van der Waals surface area (Å²) in [7, 11) is 1.72. The zero-order valence-corrected chi connectivity index (χ0v) is 5.57. The first-order valence-electron chi connectivity index (χ1n) is 2.74. The van der Waals surface area contributed by atoms with Gasteiger partial charge in [0.05, 0.1) is 11.1 Å². The summed E-state index contributed by atoms with van der Waals surface area (Å²) in [5, 5.41) is 10.1. The topological polar surface area (TPSA) is 48.1 Å². The summed E-state index contributed by atoms with van der Waals surface area (Å²) in [4.78, 5) is 9.70. The molecular formula is C6H7N2O2. The normalized spacial score (nSPS) is 9.80. The van der Waals surface area contributed by atoms with Crippen molar-refractivity contribution in [3.8, 4) is 0 Å². The van der Waals surface area contributed by atoms with E-state index in [1.165, 1.54) is 12.3 Å². The fourth-order valence-electron chi connectivity index (χ4n) is 0.691. The third-order valence-electron chi connectivity index (χ3n) is 1.30. The van der Waals surface area contributed by atoms with Crippen LogP contribution in [0.2, 0.25) is 0 Å². The first-order chi connectivity index (χ1) is 4.61. The molecular weight excluding hydrogens is 132 g/mol. The summed E-state index contributed by atoms with van der Waals surface area (Å²) in [5.74, 6) is 0. The van der Waals surface area contributed by atoms with Crippen LogP contribution < -0.4 is 0 Å². The lowest BCUT2D eigenvalue weighted by atomic mass is 10.4. The zero-order valence-electron chi connectivity index (χ0n) is 5.57. The van der Waals surface area contributed by atoms with Gasteiger partial charge in [-0.25, -0.2) is 0 Å². The van der Waals surface area contributed by atoms with Crippen LogP contribution in [-0.4, -0.2) is 9.49 Å². The van der Waals surface area contributed by atoms with Crippen LogP contribution in [0.4, 0.5) is 5.69 Å². The maximum absolute atomic E-state index is 10.1. The highest BCUT2D eigenvalue weighted by Crippen LogP contribution is 2.13. The molecule has 0 atom stereocenters. The first-order valence-corrected chi connectivity index (χ1v) is 2.74. The quantitative estimate of drug-likeness (QED) is 0.432. The molecule has 0 aromatic carbocycles. The molecule has 0 saturated carbocycles. The number of rotatable bonds is 1. The van der Waals surface area contributed by atoms with Crippen LogP contribution >= 0.6 is 0 Å². The van der Waals surface area contributed by atoms with Crippen molar-refractivity contribution in [1.29, 1.82) is 0 Å². The molecule has 0 bridgehead atoms. The Kier molecular flexibility index (Phi) is 1.45. The average Bonchev–Trinajstić information content (AvgIpc) is 2.13. The van der Waals surface area contributed by atoms with Crippen molar-refractivity contribution in [3.05, 3.63) is 35.0 Å². The predicted octanol–water partition coefficient (Wildman–Crippen LogP) is 1.12. The standard InChI is InChI=1S/C6H7N2O2/c1-5-3-6(8(9)10)4-7(5)2/h3-4H,1H2,2H3. The molecule has 0 N–H and O–H groups in total. The van der Waals surface area contributed by atoms with E-state index in [4.69, 9.17) is 0 Å². The van der Waals surface area contributed by atoms with E-state index in [9.17, 15) is 10.1 Å². The summed E-state index contributed by atoms with van der Waals surface area (Å²) in [5.41, 5.74) is 0.735. The second kappa shape index (κ2) is 2.13. The highest BCUT2D eigenvalue weighted by atomic mass is 16.6. The predicted molar refractivity (Wildman–Crippen MR) is 36.5 cm³/mol. The Morgan fingerprint density at radius 2 is 2.40 bits per heavy atom. The molecule has 0 unspecified atom stereocenters. The van der Waals surface area contributed by atoms with Gasteiger partial charge >= 0.3 is 0 Å². The number of aromatic nitrogens is 1. The minimum Gasteiger partial charge on any atom is -0.348 e. The Balaban J connectivity index is 3.10. The van der Waals surface area contributed by atoms with Crippen LogP contribution in [0, 0.1) is 17.0 Å². The molecule has 0 spiro atoms. The van der Waals surface area contributed by atoms with E-state index in [1.807, 2.05) is 0 Å². The van der Waals surface area contributed by atoms with E-state index < -0.39 is 4.92 Å². The highest BCUT2D eigenvalue weighted by Gasteiger charge is 2.07. The maximum atomic E-state index is 10.1. The first kappa shape index (κ1) is 6.80. The Bertz CT molecular complexity index is 245. The van der Waals surface area contributed by atoms with Crippen molar-refractivity contribution < 1.29 is 4.92 Å². The minimum absolute atomic E-state index is 0.0903. The van der Waals surface area contributed by atoms with Gasteiger partial charge in [-0.2, -0.15) is 0 Å². The smallest absolute Gasteiger partial charge is 0.287 e. The van der Waals surface area contributed by atoms with Gasteiger partial charge in [-0.05, 0) is 6.92 Å². The van der Waals surface area contributed by atoms with E-state index in [-0.39, 0.29) is 5.69 Å². The van der Waals surface area contributed by atoms with Crippen molar-refractivity contribution in [1.82, 2.24) is 4.57 Å². The Morgan fingerprint density at radius 3 is 2.60 bits per heavy atom. The third kappa shape index (κ3) is 1.00. The molecule has 0 fully saturated rings. The average molecular weight is 139 g/mol.